The predicted octanol–water partition coefficient (Wildman–Crippen LogP) is 1.98. The van der Waals surface area contributed by atoms with Crippen LogP contribution >= 0.6 is 0 Å². The van der Waals surface area contributed by atoms with Crippen LogP contribution in [0.3, 0.4) is 0 Å². The zero-order chi connectivity index (χ0) is 13.0. The van der Waals surface area contributed by atoms with Gasteiger partial charge in [-0.3, -0.25) is 4.90 Å². The normalized spacial score (nSPS) is 18.1. The van der Waals surface area contributed by atoms with E-state index in [-0.39, 0.29) is 5.56 Å². The minimum atomic E-state index is -0.928. The van der Waals surface area contributed by atoms with Gasteiger partial charge in [-0.15, -0.1) is 0 Å². The molecule has 2 heterocycles. The molecule has 0 atom stereocenters. The van der Waals surface area contributed by atoms with E-state index in [1.165, 1.54) is 12.3 Å². The van der Waals surface area contributed by atoms with Gasteiger partial charge in [-0.25, -0.2) is 4.79 Å². The van der Waals surface area contributed by atoms with Crippen LogP contribution in [0.15, 0.2) is 16.7 Å². The number of rotatable bonds is 5. The number of aromatic carboxylic acids is 1. The molecule has 0 aromatic carbocycles. The van der Waals surface area contributed by atoms with Crippen LogP contribution in [0.5, 0.6) is 0 Å². The summed E-state index contributed by atoms with van der Waals surface area (Å²) in [4.78, 5) is 13.2. The molecule has 0 unspecified atom stereocenters. The third-order valence-corrected chi connectivity index (χ3v) is 3.28. The largest absolute Gasteiger partial charge is 0.478 e. The molecule has 5 nitrogen and oxygen atoms in total. The Morgan fingerprint density at radius 3 is 2.89 bits per heavy atom. The van der Waals surface area contributed by atoms with E-state index in [1.54, 1.807) is 0 Å². The van der Waals surface area contributed by atoms with Gasteiger partial charge >= 0.3 is 5.97 Å². The third kappa shape index (κ3) is 3.11. The summed E-state index contributed by atoms with van der Waals surface area (Å²) in [6.45, 7) is 5.17. The van der Waals surface area contributed by atoms with E-state index in [9.17, 15) is 4.79 Å². The van der Waals surface area contributed by atoms with Crippen LogP contribution in [0.4, 0.5) is 0 Å². The van der Waals surface area contributed by atoms with Crippen molar-refractivity contribution in [1.82, 2.24) is 4.90 Å². The molecule has 0 amide bonds. The number of hydrogen-bond acceptors (Lipinski definition) is 4. The summed E-state index contributed by atoms with van der Waals surface area (Å²) in [7, 11) is 0. The molecular weight excluding hydrogens is 234 g/mol. The summed E-state index contributed by atoms with van der Waals surface area (Å²) in [6.07, 6.45) is 3.78. The van der Waals surface area contributed by atoms with E-state index in [4.69, 9.17) is 14.3 Å². The van der Waals surface area contributed by atoms with Crippen molar-refractivity contribution in [3.8, 4) is 0 Å². The summed E-state index contributed by atoms with van der Waals surface area (Å²) in [6, 6.07) is 1.50. The van der Waals surface area contributed by atoms with Crippen molar-refractivity contribution in [3.05, 3.63) is 23.7 Å². The lowest BCUT2D eigenvalue weighted by atomic mass is 10.1. The molecule has 1 fully saturated rings. The lowest BCUT2D eigenvalue weighted by Gasteiger charge is -2.31. The molecule has 1 aromatic rings. The van der Waals surface area contributed by atoms with E-state index in [2.05, 4.69) is 4.90 Å². The number of carboxylic acids is 1. The van der Waals surface area contributed by atoms with Gasteiger partial charge in [0.15, 0.2) is 0 Å². The van der Waals surface area contributed by atoms with E-state index in [0.29, 0.717) is 18.4 Å². The minimum Gasteiger partial charge on any atom is -0.478 e. The van der Waals surface area contributed by atoms with E-state index >= 15 is 0 Å². The van der Waals surface area contributed by atoms with Crippen molar-refractivity contribution >= 4 is 5.97 Å². The molecule has 1 aromatic heterocycles. The van der Waals surface area contributed by atoms with Crippen LogP contribution in [0.1, 0.15) is 35.9 Å². The Labute approximate surface area is 106 Å². The van der Waals surface area contributed by atoms with Crippen molar-refractivity contribution in [2.24, 2.45) is 0 Å². The molecule has 0 spiro atoms. The lowest BCUT2D eigenvalue weighted by molar-refractivity contribution is 0.0110. The van der Waals surface area contributed by atoms with Gasteiger partial charge in [-0.05, 0) is 25.8 Å². The van der Waals surface area contributed by atoms with Gasteiger partial charge in [0.2, 0.25) is 0 Å². The second-order valence-corrected chi connectivity index (χ2v) is 4.49. The maximum Gasteiger partial charge on any atom is 0.339 e. The van der Waals surface area contributed by atoms with Crippen LogP contribution in [0.2, 0.25) is 0 Å². The number of piperidine rings is 1. The first-order valence-electron chi connectivity index (χ1n) is 6.34. The maximum absolute atomic E-state index is 11.0. The number of likely N-dealkylation sites (tertiary alicyclic amines) is 1. The van der Waals surface area contributed by atoms with Gasteiger partial charge in [-0.1, -0.05) is 0 Å². The SMILES string of the molecule is CCOC1CCN(Cc2occc2C(=O)O)CC1. The number of ether oxygens (including phenoxy) is 1. The van der Waals surface area contributed by atoms with Crippen LogP contribution in [0, 0.1) is 0 Å². The standard InChI is InChI=1S/C13H19NO4/c1-2-17-10-3-6-14(7-4-10)9-12-11(13(15)16)5-8-18-12/h5,8,10H,2-4,6-7,9H2,1H3,(H,15,16). The maximum atomic E-state index is 11.0. The van der Waals surface area contributed by atoms with Gasteiger partial charge in [0.1, 0.15) is 11.3 Å². The first-order chi connectivity index (χ1) is 8.70. The van der Waals surface area contributed by atoms with E-state index in [1.807, 2.05) is 6.92 Å². The number of carbonyl (C=O) groups is 1. The fourth-order valence-corrected chi connectivity index (χ4v) is 2.33. The Balaban J connectivity index is 1.88. The molecule has 0 bridgehead atoms. The highest BCUT2D eigenvalue weighted by atomic mass is 16.5. The minimum absolute atomic E-state index is 0.266. The van der Waals surface area contributed by atoms with Gasteiger partial charge in [-0.2, -0.15) is 0 Å². The molecule has 1 saturated heterocycles. The molecule has 2 rings (SSSR count). The first kappa shape index (κ1) is 13.1. The Bertz CT molecular complexity index is 393. The molecule has 1 aliphatic heterocycles. The van der Waals surface area contributed by atoms with Crippen molar-refractivity contribution in [3.63, 3.8) is 0 Å². The number of hydrogen-bond donors (Lipinski definition) is 1. The Morgan fingerprint density at radius 2 is 2.28 bits per heavy atom. The fourth-order valence-electron chi connectivity index (χ4n) is 2.33. The Kier molecular flexibility index (Phi) is 4.38. The number of furan rings is 1. The van der Waals surface area contributed by atoms with Gasteiger partial charge in [0, 0.05) is 19.7 Å². The second-order valence-electron chi connectivity index (χ2n) is 4.49. The van der Waals surface area contributed by atoms with Gasteiger partial charge < -0.3 is 14.3 Å². The molecule has 100 valence electrons. The summed E-state index contributed by atoms with van der Waals surface area (Å²) < 4.78 is 10.8. The highest BCUT2D eigenvalue weighted by Gasteiger charge is 2.22. The van der Waals surface area contributed by atoms with Crippen molar-refractivity contribution in [2.45, 2.75) is 32.4 Å². The predicted molar refractivity (Wildman–Crippen MR) is 65.6 cm³/mol. The van der Waals surface area contributed by atoms with E-state index < -0.39 is 5.97 Å². The van der Waals surface area contributed by atoms with Gasteiger partial charge in [0.05, 0.1) is 18.9 Å². The lowest BCUT2D eigenvalue weighted by Crippen LogP contribution is -2.36. The number of nitrogens with zero attached hydrogens (tertiary/aromatic N) is 1. The van der Waals surface area contributed by atoms with E-state index in [0.717, 1.165) is 32.5 Å². The number of carboxylic acid groups (broad SMARTS) is 1. The Morgan fingerprint density at radius 1 is 1.56 bits per heavy atom. The summed E-state index contributed by atoms with van der Waals surface area (Å²) >= 11 is 0. The summed E-state index contributed by atoms with van der Waals surface area (Å²) in [5, 5.41) is 9.00. The molecule has 0 saturated carbocycles. The topological polar surface area (TPSA) is 62.9 Å². The van der Waals surface area contributed by atoms with Crippen LogP contribution in [0.25, 0.3) is 0 Å². The second kappa shape index (κ2) is 6.02. The van der Waals surface area contributed by atoms with Crippen molar-refractivity contribution in [2.75, 3.05) is 19.7 Å². The van der Waals surface area contributed by atoms with Crippen LogP contribution in [-0.2, 0) is 11.3 Å². The molecule has 18 heavy (non-hydrogen) atoms. The van der Waals surface area contributed by atoms with Crippen molar-refractivity contribution in [1.29, 1.82) is 0 Å². The average Bonchev–Trinajstić information content (AvgIpc) is 2.80. The molecule has 5 heteroatoms. The zero-order valence-electron chi connectivity index (χ0n) is 10.6. The molecule has 0 aliphatic carbocycles. The molecule has 0 radical (unpaired) electrons. The Hall–Kier alpha value is -1.33. The fraction of sp³-hybridized carbons (Fsp3) is 0.615. The van der Waals surface area contributed by atoms with Crippen LogP contribution < -0.4 is 0 Å². The van der Waals surface area contributed by atoms with Crippen molar-refractivity contribution < 1.29 is 19.1 Å². The summed E-state index contributed by atoms with van der Waals surface area (Å²) in [5.41, 5.74) is 0.266. The smallest absolute Gasteiger partial charge is 0.339 e. The zero-order valence-corrected chi connectivity index (χ0v) is 10.6. The summed E-state index contributed by atoms with van der Waals surface area (Å²) in [5.74, 6) is -0.389. The monoisotopic (exact) mass is 253 g/mol. The third-order valence-electron chi connectivity index (χ3n) is 3.28. The molecule has 1 aliphatic rings. The first-order valence-corrected chi connectivity index (χ1v) is 6.34. The molecule has 1 N–H and O–H groups in total. The van der Waals surface area contributed by atoms with Gasteiger partial charge in [0.25, 0.3) is 0 Å². The molecular formula is C13H19NO4. The van der Waals surface area contributed by atoms with Crippen LogP contribution in [-0.4, -0.2) is 41.8 Å². The highest BCUT2D eigenvalue weighted by Crippen LogP contribution is 2.18. The average molecular weight is 253 g/mol. The quantitative estimate of drug-likeness (QED) is 0.869. The highest BCUT2D eigenvalue weighted by molar-refractivity contribution is 5.88.